The molecule has 0 aliphatic carbocycles. The quantitative estimate of drug-likeness (QED) is 0.571. The molecule has 0 fully saturated rings. The SMILES string of the molecule is CCN(C(C)=O)C(=O)NC. The van der Waals surface area contributed by atoms with Crippen LogP contribution < -0.4 is 5.32 Å². The first-order valence-corrected chi connectivity index (χ1v) is 3.13. The van der Waals surface area contributed by atoms with Gasteiger partial charge in [-0.25, -0.2) is 4.79 Å². The van der Waals surface area contributed by atoms with Gasteiger partial charge in [0.15, 0.2) is 0 Å². The van der Waals surface area contributed by atoms with Crippen LogP contribution in [0.2, 0.25) is 0 Å². The normalized spacial score (nSPS) is 8.70. The average Bonchev–Trinajstić information content (AvgIpc) is 1.88. The highest BCUT2D eigenvalue weighted by Gasteiger charge is 2.12. The molecule has 0 atom stereocenters. The van der Waals surface area contributed by atoms with Crippen LogP contribution in [0.15, 0.2) is 0 Å². The van der Waals surface area contributed by atoms with Crippen LogP contribution in [0.4, 0.5) is 4.79 Å². The average molecular weight is 144 g/mol. The standard InChI is InChI=1S/C6H12N2O2/c1-4-8(5(2)9)6(10)7-3/h4H2,1-3H3,(H,7,10). The monoisotopic (exact) mass is 144 g/mol. The second kappa shape index (κ2) is 3.87. The molecule has 0 aromatic rings. The van der Waals surface area contributed by atoms with Gasteiger partial charge in [-0.3, -0.25) is 9.69 Å². The Hall–Kier alpha value is -1.06. The first-order valence-electron chi connectivity index (χ1n) is 3.13. The Bertz CT molecular complexity index is 145. The Kier molecular flexibility index (Phi) is 3.46. The van der Waals surface area contributed by atoms with Gasteiger partial charge in [0.05, 0.1) is 0 Å². The summed E-state index contributed by atoms with van der Waals surface area (Å²) in [5.41, 5.74) is 0. The highest BCUT2D eigenvalue weighted by atomic mass is 16.2. The molecule has 0 heterocycles. The van der Waals surface area contributed by atoms with Crippen molar-refractivity contribution in [1.29, 1.82) is 0 Å². The van der Waals surface area contributed by atoms with Crippen LogP contribution >= 0.6 is 0 Å². The number of imide groups is 1. The third kappa shape index (κ3) is 2.05. The summed E-state index contributed by atoms with van der Waals surface area (Å²) < 4.78 is 0. The van der Waals surface area contributed by atoms with Crippen LogP contribution in [-0.2, 0) is 4.79 Å². The largest absolute Gasteiger partial charge is 0.341 e. The van der Waals surface area contributed by atoms with Gasteiger partial charge in [-0.05, 0) is 6.92 Å². The van der Waals surface area contributed by atoms with E-state index < -0.39 is 0 Å². The van der Waals surface area contributed by atoms with E-state index in [1.165, 1.54) is 14.0 Å². The molecule has 0 bridgehead atoms. The summed E-state index contributed by atoms with van der Waals surface area (Å²) >= 11 is 0. The lowest BCUT2D eigenvalue weighted by Gasteiger charge is -2.15. The number of urea groups is 1. The van der Waals surface area contributed by atoms with Gasteiger partial charge in [0.1, 0.15) is 0 Å². The lowest BCUT2D eigenvalue weighted by Crippen LogP contribution is -2.40. The molecule has 0 spiro atoms. The molecule has 4 heteroatoms. The fourth-order valence-electron chi connectivity index (χ4n) is 0.644. The lowest BCUT2D eigenvalue weighted by molar-refractivity contribution is -0.125. The molecule has 0 unspecified atom stereocenters. The van der Waals surface area contributed by atoms with Crippen molar-refractivity contribution in [1.82, 2.24) is 10.2 Å². The number of hydrogen-bond donors (Lipinski definition) is 1. The molecular weight excluding hydrogens is 132 g/mol. The van der Waals surface area contributed by atoms with Crippen molar-refractivity contribution in [3.8, 4) is 0 Å². The Morgan fingerprint density at radius 2 is 2.00 bits per heavy atom. The van der Waals surface area contributed by atoms with Gasteiger partial charge in [0.2, 0.25) is 5.91 Å². The molecular formula is C6H12N2O2. The smallest absolute Gasteiger partial charge is 0.323 e. The first kappa shape index (κ1) is 8.94. The minimum Gasteiger partial charge on any atom is -0.341 e. The van der Waals surface area contributed by atoms with E-state index in [9.17, 15) is 9.59 Å². The maximum atomic E-state index is 10.8. The summed E-state index contributed by atoms with van der Waals surface area (Å²) in [6.07, 6.45) is 0. The summed E-state index contributed by atoms with van der Waals surface area (Å²) in [6.45, 7) is 3.52. The molecule has 4 nitrogen and oxygen atoms in total. The minimum atomic E-state index is -0.352. The van der Waals surface area contributed by atoms with Crippen molar-refractivity contribution < 1.29 is 9.59 Å². The van der Waals surface area contributed by atoms with Crippen molar-refractivity contribution in [3.63, 3.8) is 0 Å². The maximum absolute atomic E-state index is 10.8. The number of nitrogens with one attached hydrogen (secondary N) is 1. The van der Waals surface area contributed by atoms with Crippen molar-refractivity contribution in [2.45, 2.75) is 13.8 Å². The van der Waals surface area contributed by atoms with Gasteiger partial charge in [-0.15, -0.1) is 0 Å². The number of amides is 3. The van der Waals surface area contributed by atoms with Crippen molar-refractivity contribution >= 4 is 11.9 Å². The Morgan fingerprint density at radius 3 is 2.10 bits per heavy atom. The Morgan fingerprint density at radius 1 is 1.50 bits per heavy atom. The number of carbonyl (C=O) groups is 2. The zero-order chi connectivity index (χ0) is 8.15. The minimum absolute atomic E-state index is 0.234. The molecule has 3 amide bonds. The van der Waals surface area contributed by atoms with Gasteiger partial charge >= 0.3 is 6.03 Å². The molecule has 0 saturated carbocycles. The number of carbonyl (C=O) groups excluding carboxylic acids is 2. The van der Waals surface area contributed by atoms with E-state index in [4.69, 9.17) is 0 Å². The van der Waals surface area contributed by atoms with E-state index in [0.717, 1.165) is 4.90 Å². The van der Waals surface area contributed by atoms with Crippen LogP contribution in [0.3, 0.4) is 0 Å². The molecule has 0 rings (SSSR count). The van der Waals surface area contributed by atoms with Gasteiger partial charge < -0.3 is 5.32 Å². The Balaban J connectivity index is 4.06. The maximum Gasteiger partial charge on any atom is 0.323 e. The predicted octanol–water partition coefficient (Wildman–Crippen LogP) is 0.194. The van der Waals surface area contributed by atoms with Gasteiger partial charge in [0, 0.05) is 20.5 Å². The second-order valence-corrected chi connectivity index (χ2v) is 1.82. The molecule has 0 radical (unpaired) electrons. The number of nitrogens with zero attached hydrogens (tertiary/aromatic N) is 1. The van der Waals surface area contributed by atoms with Crippen molar-refractivity contribution in [2.24, 2.45) is 0 Å². The fourth-order valence-corrected chi connectivity index (χ4v) is 0.644. The molecule has 10 heavy (non-hydrogen) atoms. The molecule has 0 aliphatic rings. The summed E-state index contributed by atoms with van der Waals surface area (Å²) in [5, 5.41) is 2.36. The van der Waals surface area contributed by atoms with Crippen LogP contribution in [0.5, 0.6) is 0 Å². The van der Waals surface area contributed by atoms with Gasteiger partial charge in [-0.1, -0.05) is 0 Å². The molecule has 0 aliphatic heterocycles. The molecule has 1 N–H and O–H groups in total. The summed E-state index contributed by atoms with van der Waals surface area (Å²) in [4.78, 5) is 22.5. The third-order valence-electron chi connectivity index (χ3n) is 1.16. The van der Waals surface area contributed by atoms with E-state index >= 15 is 0 Å². The topological polar surface area (TPSA) is 49.4 Å². The molecule has 0 saturated heterocycles. The predicted molar refractivity (Wildman–Crippen MR) is 37.5 cm³/mol. The van der Waals surface area contributed by atoms with Crippen LogP contribution in [-0.4, -0.2) is 30.4 Å². The fraction of sp³-hybridized carbons (Fsp3) is 0.667. The van der Waals surface area contributed by atoms with E-state index in [0.29, 0.717) is 6.54 Å². The van der Waals surface area contributed by atoms with Gasteiger partial charge in [0.25, 0.3) is 0 Å². The zero-order valence-corrected chi connectivity index (χ0v) is 6.47. The van der Waals surface area contributed by atoms with E-state index in [-0.39, 0.29) is 11.9 Å². The summed E-state index contributed by atoms with van der Waals surface area (Å²) in [6, 6.07) is -0.352. The highest BCUT2D eigenvalue weighted by Crippen LogP contribution is 1.87. The van der Waals surface area contributed by atoms with Crippen molar-refractivity contribution in [3.05, 3.63) is 0 Å². The molecule has 58 valence electrons. The Labute approximate surface area is 60.2 Å². The van der Waals surface area contributed by atoms with E-state index in [1.807, 2.05) is 0 Å². The van der Waals surface area contributed by atoms with E-state index in [2.05, 4.69) is 5.32 Å². The number of rotatable bonds is 1. The van der Waals surface area contributed by atoms with Crippen LogP contribution in [0.1, 0.15) is 13.8 Å². The zero-order valence-electron chi connectivity index (χ0n) is 6.47. The number of hydrogen-bond acceptors (Lipinski definition) is 2. The summed E-state index contributed by atoms with van der Waals surface area (Å²) in [7, 11) is 1.49. The summed E-state index contributed by atoms with van der Waals surface area (Å²) in [5.74, 6) is -0.234. The van der Waals surface area contributed by atoms with Crippen molar-refractivity contribution in [2.75, 3.05) is 13.6 Å². The van der Waals surface area contributed by atoms with Gasteiger partial charge in [-0.2, -0.15) is 0 Å². The highest BCUT2D eigenvalue weighted by molar-refractivity contribution is 5.92. The molecule has 0 aromatic carbocycles. The molecule has 0 aromatic heterocycles. The second-order valence-electron chi connectivity index (χ2n) is 1.82. The lowest BCUT2D eigenvalue weighted by atomic mass is 10.5. The van der Waals surface area contributed by atoms with E-state index in [1.54, 1.807) is 6.92 Å². The third-order valence-corrected chi connectivity index (χ3v) is 1.16. The first-order chi connectivity index (χ1) is 4.63. The van der Waals surface area contributed by atoms with Crippen LogP contribution in [0, 0.1) is 0 Å². The van der Waals surface area contributed by atoms with Crippen LogP contribution in [0.25, 0.3) is 0 Å².